The lowest BCUT2D eigenvalue weighted by Crippen LogP contribution is -2.56. The Morgan fingerprint density at radius 2 is 1.94 bits per heavy atom. The summed E-state index contributed by atoms with van der Waals surface area (Å²) in [5.74, 6) is 1.33. The molecule has 10 heteroatoms. The Bertz CT molecular complexity index is 1100. The molecule has 1 aliphatic carbocycles. The van der Waals surface area contributed by atoms with Gasteiger partial charge in [0.05, 0.1) is 10.9 Å². The minimum absolute atomic E-state index is 0.00106. The molecule has 2 aliphatic rings. The van der Waals surface area contributed by atoms with Crippen LogP contribution in [0.2, 0.25) is 0 Å². The number of hydrogen-bond acceptors (Lipinski definition) is 5. The Kier molecular flexibility index (Phi) is 7.39. The van der Waals surface area contributed by atoms with Gasteiger partial charge in [0.1, 0.15) is 17.8 Å². The molecular weight excluding hydrogens is 460 g/mol. The van der Waals surface area contributed by atoms with Crippen molar-refractivity contribution in [2.75, 3.05) is 30.4 Å². The number of aromatic amines is 1. The van der Waals surface area contributed by atoms with E-state index in [2.05, 4.69) is 37.8 Å². The van der Waals surface area contributed by atoms with E-state index in [1.807, 2.05) is 47.5 Å². The first-order valence-corrected chi connectivity index (χ1v) is 11.9. The number of thiol groups is 1. The van der Waals surface area contributed by atoms with E-state index in [1.165, 1.54) is 0 Å². The van der Waals surface area contributed by atoms with Gasteiger partial charge in [-0.3, -0.25) is 9.59 Å². The number of nitrogens with one attached hydrogen (secondary N) is 2. The Morgan fingerprint density at radius 3 is 2.64 bits per heavy atom. The van der Waals surface area contributed by atoms with Crippen molar-refractivity contribution in [3.63, 3.8) is 0 Å². The summed E-state index contributed by atoms with van der Waals surface area (Å²) in [5.41, 5.74) is 1.93. The van der Waals surface area contributed by atoms with Crippen LogP contribution in [0.4, 0.5) is 10.6 Å². The van der Waals surface area contributed by atoms with Crippen LogP contribution < -0.4 is 10.2 Å². The molecule has 2 fully saturated rings. The van der Waals surface area contributed by atoms with Crippen LogP contribution >= 0.6 is 24.2 Å². The Hall–Kier alpha value is -2.78. The Balaban J connectivity index is 0.000000174. The summed E-state index contributed by atoms with van der Waals surface area (Å²) in [4.78, 5) is 38.6. The van der Waals surface area contributed by atoms with Crippen LogP contribution in [0, 0.1) is 0 Å². The number of piperazine rings is 1. The third-order valence-corrected chi connectivity index (χ3v) is 6.43. The number of halogens is 1. The second kappa shape index (κ2) is 10.4. The predicted molar refractivity (Wildman–Crippen MR) is 133 cm³/mol. The number of amides is 2. The number of carbonyl (C=O) groups is 2. The molecular formula is C23H27ClN6O2S. The van der Waals surface area contributed by atoms with Crippen molar-refractivity contribution in [3.8, 4) is 0 Å². The van der Waals surface area contributed by atoms with Gasteiger partial charge in [0.25, 0.3) is 5.24 Å². The van der Waals surface area contributed by atoms with Gasteiger partial charge in [-0.15, -0.1) is 11.6 Å². The van der Waals surface area contributed by atoms with E-state index in [-0.39, 0.29) is 16.7 Å². The molecule has 8 nitrogen and oxygen atoms in total. The topological polar surface area (TPSA) is 94.2 Å². The van der Waals surface area contributed by atoms with Crippen molar-refractivity contribution in [3.05, 3.63) is 54.5 Å². The van der Waals surface area contributed by atoms with E-state index in [1.54, 1.807) is 6.33 Å². The van der Waals surface area contributed by atoms with Gasteiger partial charge in [-0.1, -0.05) is 43.0 Å². The summed E-state index contributed by atoms with van der Waals surface area (Å²) in [6.07, 6.45) is 5.95. The highest BCUT2D eigenvalue weighted by Gasteiger charge is 2.53. The average molecular weight is 487 g/mol. The zero-order valence-corrected chi connectivity index (χ0v) is 19.9. The van der Waals surface area contributed by atoms with E-state index < -0.39 is 0 Å². The second-order valence-electron chi connectivity index (χ2n) is 8.22. The summed E-state index contributed by atoms with van der Waals surface area (Å²) in [6.45, 7) is 2.90. The number of anilines is 1. The van der Waals surface area contributed by atoms with Gasteiger partial charge in [-0.25, -0.2) is 9.97 Å². The maximum atomic E-state index is 11.6. The molecule has 1 spiro atoms. The fourth-order valence-electron chi connectivity index (χ4n) is 4.11. The second-order valence-corrected chi connectivity index (χ2v) is 8.98. The largest absolute Gasteiger partial charge is 0.352 e. The monoisotopic (exact) mass is 486 g/mol. The Morgan fingerprint density at radius 1 is 1.15 bits per heavy atom. The van der Waals surface area contributed by atoms with E-state index in [0.29, 0.717) is 25.4 Å². The molecule has 2 aromatic heterocycles. The third kappa shape index (κ3) is 5.59. The van der Waals surface area contributed by atoms with Gasteiger partial charge in [-0.2, -0.15) is 0 Å². The van der Waals surface area contributed by atoms with Gasteiger partial charge < -0.3 is 20.1 Å². The number of alkyl halides is 1. The van der Waals surface area contributed by atoms with Crippen molar-refractivity contribution in [1.29, 1.82) is 0 Å². The number of hydrogen-bond donors (Lipinski definition) is 3. The molecule has 1 aliphatic heterocycles. The number of rotatable bonds is 5. The number of fused-ring (bicyclic) bond motifs is 1. The van der Waals surface area contributed by atoms with Crippen LogP contribution in [0.25, 0.3) is 11.0 Å². The van der Waals surface area contributed by atoms with E-state index >= 15 is 0 Å². The molecule has 1 aromatic carbocycles. The molecule has 3 aromatic rings. The number of carbonyl (C=O) groups excluding carboxylic acids is 2. The van der Waals surface area contributed by atoms with Crippen molar-refractivity contribution < 1.29 is 9.59 Å². The maximum absolute atomic E-state index is 11.6. The fourth-order valence-corrected chi connectivity index (χ4v) is 4.59. The number of nitrogens with zero attached hydrogens (tertiary/aromatic N) is 4. The molecule has 1 saturated heterocycles. The van der Waals surface area contributed by atoms with Gasteiger partial charge in [-0.05, 0) is 24.5 Å². The SMILES string of the molecule is O=C(CCCl)NCc1ccccc1.O=C(S)N1CCN(c2ncnc3[nH]ccc23)CC12CC2. The van der Waals surface area contributed by atoms with Crippen molar-refractivity contribution in [2.24, 2.45) is 0 Å². The third-order valence-electron chi connectivity index (χ3n) is 6.00. The van der Waals surface area contributed by atoms with Crippen LogP contribution in [0.3, 0.4) is 0 Å². The molecule has 1 saturated carbocycles. The normalized spacial score (nSPS) is 16.3. The summed E-state index contributed by atoms with van der Waals surface area (Å²) >= 11 is 9.42. The van der Waals surface area contributed by atoms with Crippen LogP contribution in [-0.2, 0) is 11.3 Å². The van der Waals surface area contributed by atoms with Crippen molar-refractivity contribution >= 4 is 52.2 Å². The molecule has 0 radical (unpaired) electrons. The number of aromatic nitrogens is 3. The van der Waals surface area contributed by atoms with Crippen LogP contribution in [0.5, 0.6) is 0 Å². The van der Waals surface area contributed by atoms with Gasteiger partial charge in [0, 0.05) is 44.7 Å². The molecule has 0 atom stereocenters. The molecule has 3 heterocycles. The molecule has 2 N–H and O–H groups in total. The minimum Gasteiger partial charge on any atom is -0.352 e. The zero-order valence-electron chi connectivity index (χ0n) is 18.2. The lowest BCUT2D eigenvalue weighted by atomic mass is 10.1. The lowest BCUT2D eigenvalue weighted by Gasteiger charge is -2.42. The zero-order chi connectivity index (χ0) is 23.3. The first-order chi connectivity index (χ1) is 16.0. The lowest BCUT2D eigenvalue weighted by molar-refractivity contribution is -0.120. The first kappa shape index (κ1) is 23.4. The highest BCUT2D eigenvalue weighted by Crippen LogP contribution is 2.45. The van der Waals surface area contributed by atoms with E-state index in [0.717, 1.165) is 48.3 Å². The summed E-state index contributed by atoms with van der Waals surface area (Å²) in [7, 11) is 0. The number of benzene rings is 1. The van der Waals surface area contributed by atoms with Crippen LogP contribution in [-0.4, -0.2) is 62.1 Å². The van der Waals surface area contributed by atoms with Crippen molar-refractivity contribution in [2.45, 2.75) is 31.3 Å². The summed E-state index contributed by atoms with van der Waals surface area (Å²) in [5, 5.41) is 3.70. The van der Waals surface area contributed by atoms with Crippen molar-refractivity contribution in [1.82, 2.24) is 25.2 Å². The maximum Gasteiger partial charge on any atom is 0.279 e. The van der Waals surface area contributed by atoms with Gasteiger partial charge in [0.15, 0.2) is 0 Å². The molecule has 0 unspecified atom stereocenters. The highest BCUT2D eigenvalue weighted by atomic mass is 35.5. The molecule has 5 rings (SSSR count). The minimum atomic E-state index is -0.114. The molecule has 174 valence electrons. The predicted octanol–water partition coefficient (Wildman–Crippen LogP) is 3.59. The summed E-state index contributed by atoms with van der Waals surface area (Å²) in [6, 6.07) is 11.8. The standard InChI is InChI=1S/C13H15N5OS.C10H12ClNO/c19-12(20)18-6-5-17(7-13(18)2-3-13)11-9-1-4-14-10(9)15-8-16-11;11-7-6-10(13)12-8-9-4-2-1-3-5-9/h1,4,8H,2-3,5-7H2,(H,19,20)(H,14,15,16);1-5H,6-8H2,(H,12,13). The van der Waals surface area contributed by atoms with Crippen LogP contribution in [0.1, 0.15) is 24.8 Å². The molecule has 2 amide bonds. The van der Waals surface area contributed by atoms with E-state index in [9.17, 15) is 9.59 Å². The smallest absolute Gasteiger partial charge is 0.279 e. The first-order valence-electron chi connectivity index (χ1n) is 10.9. The molecule has 33 heavy (non-hydrogen) atoms. The molecule has 0 bridgehead atoms. The highest BCUT2D eigenvalue weighted by molar-refractivity contribution is 7.96. The van der Waals surface area contributed by atoms with Gasteiger partial charge >= 0.3 is 0 Å². The average Bonchev–Trinajstić information content (AvgIpc) is 3.40. The quantitative estimate of drug-likeness (QED) is 0.378. The van der Waals surface area contributed by atoms with E-state index in [4.69, 9.17) is 11.6 Å². The Labute approximate surface area is 203 Å². The fraction of sp³-hybridized carbons (Fsp3) is 0.391. The summed E-state index contributed by atoms with van der Waals surface area (Å²) < 4.78 is 0. The van der Waals surface area contributed by atoms with Gasteiger partial charge in [0.2, 0.25) is 5.91 Å². The number of H-pyrrole nitrogens is 1. The van der Waals surface area contributed by atoms with Crippen LogP contribution in [0.15, 0.2) is 48.9 Å².